The van der Waals surface area contributed by atoms with E-state index in [1.165, 1.54) is 32.9 Å². The molecule has 1 saturated heterocycles. The fourth-order valence-corrected chi connectivity index (χ4v) is 2.22. The summed E-state index contributed by atoms with van der Waals surface area (Å²) >= 11 is 0. The number of rotatable bonds is 5. The van der Waals surface area contributed by atoms with Crippen LogP contribution in [0, 0.1) is 0 Å². The van der Waals surface area contributed by atoms with E-state index < -0.39 is 0 Å². The first-order valence-corrected chi connectivity index (χ1v) is 6.20. The van der Waals surface area contributed by atoms with Crippen molar-refractivity contribution in [1.29, 1.82) is 0 Å². The van der Waals surface area contributed by atoms with Crippen molar-refractivity contribution in [2.24, 2.45) is 0 Å². The highest BCUT2D eigenvalue weighted by Gasteiger charge is 2.22. The Kier molecular flexibility index (Phi) is 5.77. The molecule has 0 aromatic carbocycles. The van der Waals surface area contributed by atoms with Crippen LogP contribution in [0.1, 0.15) is 32.6 Å². The highest BCUT2D eigenvalue weighted by Crippen LogP contribution is 2.14. The van der Waals surface area contributed by atoms with Crippen LogP contribution in [0.3, 0.4) is 0 Å². The topological polar surface area (TPSA) is 41.6 Å². The normalized spacial score (nSPS) is 24.1. The lowest BCUT2D eigenvalue weighted by Crippen LogP contribution is -2.47. The zero-order chi connectivity index (χ0) is 12.0. The summed E-state index contributed by atoms with van der Waals surface area (Å²) in [6.45, 7) is 4.05. The first kappa shape index (κ1) is 13.5. The van der Waals surface area contributed by atoms with Gasteiger partial charge in [-0.1, -0.05) is 13.3 Å². The van der Waals surface area contributed by atoms with E-state index in [0.29, 0.717) is 6.04 Å². The molecule has 0 aromatic heterocycles. The molecule has 1 heterocycles. The van der Waals surface area contributed by atoms with Crippen molar-refractivity contribution in [2.45, 2.75) is 44.7 Å². The van der Waals surface area contributed by atoms with Gasteiger partial charge in [0.15, 0.2) is 0 Å². The Morgan fingerprint density at radius 2 is 2.31 bits per heavy atom. The van der Waals surface area contributed by atoms with E-state index in [-0.39, 0.29) is 12.0 Å². The fraction of sp³-hybridized carbons (Fsp3) is 0.917. The van der Waals surface area contributed by atoms with Crippen molar-refractivity contribution in [1.82, 2.24) is 10.2 Å². The maximum atomic E-state index is 11.4. The molecule has 16 heavy (non-hydrogen) atoms. The van der Waals surface area contributed by atoms with Crippen molar-refractivity contribution in [2.75, 3.05) is 27.2 Å². The highest BCUT2D eigenvalue weighted by molar-refractivity contribution is 5.75. The summed E-state index contributed by atoms with van der Waals surface area (Å²) in [5.74, 6) is -0.152. The molecule has 0 aliphatic carbocycles. The van der Waals surface area contributed by atoms with Gasteiger partial charge in [0.2, 0.25) is 0 Å². The third-order valence-corrected chi connectivity index (χ3v) is 3.42. The van der Waals surface area contributed by atoms with Gasteiger partial charge < -0.3 is 15.0 Å². The molecule has 1 aliphatic rings. The van der Waals surface area contributed by atoms with E-state index in [2.05, 4.69) is 17.3 Å². The Morgan fingerprint density at radius 1 is 1.56 bits per heavy atom. The fourth-order valence-electron chi connectivity index (χ4n) is 2.22. The summed E-state index contributed by atoms with van der Waals surface area (Å²) in [5, 5.41) is 3.30. The maximum absolute atomic E-state index is 11.4. The summed E-state index contributed by atoms with van der Waals surface area (Å²) in [6, 6.07) is 0.410. The molecule has 4 nitrogen and oxygen atoms in total. The number of carbonyl (C=O) groups is 1. The molecular formula is C12H24N2O2. The Balaban J connectivity index is 2.33. The maximum Gasteiger partial charge on any atom is 0.322 e. The molecule has 1 fully saturated rings. The quantitative estimate of drug-likeness (QED) is 0.713. The summed E-state index contributed by atoms with van der Waals surface area (Å²) in [7, 11) is 3.60. The highest BCUT2D eigenvalue weighted by atomic mass is 16.5. The zero-order valence-corrected chi connectivity index (χ0v) is 10.7. The molecule has 2 unspecified atom stereocenters. The third-order valence-electron chi connectivity index (χ3n) is 3.42. The van der Waals surface area contributed by atoms with Crippen LogP contribution in [0.2, 0.25) is 0 Å². The Labute approximate surface area is 98.3 Å². The van der Waals surface area contributed by atoms with Crippen molar-refractivity contribution in [3.8, 4) is 0 Å². The lowest BCUT2D eigenvalue weighted by atomic mass is 10.0. The zero-order valence-electron chi connectivity index (χ0n) is 10.7. The minimum absolute atomic E-state index is 0.152. The Hall–Kier alpha value is -0.610. The van der Waals surface area contributed by atoms with Gasteiger partial charge in [-0.15, -0.1) is 0 Å². The van der Waals surface area contributed by atoms with Gasteiger partial charge in [-0.2, -0.15) is 0 Å². The van der Waals surface area contributed by atoms with Crippen molar-refractivity contribution < 1.29 is 9.53 Å². The molecule has 0 bridgehead atoms. The SMILES string of the molecule is CCC(NCC1CCCCN1C)C(=O)OC. The number of methoxy groups -OCH3 is 1. The molecule has 4 heteroatoms. The van der Waals surface area contributed by atoms with Gasteiger partial charge in [0.05, 0.1) is 7.11 Å². The van der Waals surface area contributed by atoms with E-state index in [1.807, 2.05) is 6.92 Å². The second-order valence-corrected chi connectivity index (χ2v) is 4.52. The third kappa shape index (κ3) is 3.76. The number of hydrogen-bond acceptors (Lipinski definition) is 4. The summed E-state index contributed by atoms with van der Waals surface area (Å²) in [6.07, 6.45) is 4.59. The Bertz CT molecular complexity index is 221. The van der Waals surface area contributed by atoms with Gasteiger partial charge in [0, 0.05) is 12.6 Å². The number of nitrogens with one attached hydrogen (secondary N) is 1. The number of esters is 1. The average Bonchev–Trinajstić information content (AvgIpc) is 2.31. The van der Waals surface area contributed by atoms with E-state index in [4.69, 9.17) is 4.74 Å². The van der Waals surface area contributed by atoms with Crippen LogP contribution >= 0.6 is 0 Å². The van der Waals surface area contributed by atoms with Gasteiger partial charge in [-0.05, 0) is 32.9 Å². The molecule has 1 rings (SSSR count). The van der Waals surface area contributed by atoms with E-state index in [9.17, 15) is 4.79 Å². The number of nitrogens with zero attached hydrogens (tertiary/aromatic N) is 1. The van der Waals surface area contributed by atoms with Crippen LogP contribution in [0.5, 0.6) is 0 Å². The largest absolute Gasteiger partial charge is 0.468 e. The second kappa shape index (κ2) is 6.86. The van der Waals surface area contributed by atoms with Crippen LogP contribution < -0.4 is 5.32 Å². The van der Waals surface area contributed by atoms with Crippen LogP contribution in [-0.4, -0.2) is 50.2 Å². The molecule has 0 saturated carbocycles. The number of likely N-dealkylation sites (tertiary alicyclic amines) is 1. The van der Waals surface area contributed by atoms with Gasteiger partial charge in [0.25, 0.3) is 0 Å². The van der Waals surface area contributed by atoms with Crippen molar-refractivity contribution in [3.63, 3.8) is 0 Å². The van der Waals surface area contributed by atoms with Crippen LogP contribution in [-0.2, 0) is 9.53 Å². The summed E-state index contributed by atoms with van der Waals surface area (Å²) in [4.78, 5) is 13.8. The molecule has 1 aliphatic heterocycles. The summed E-state index contributed by atoms with van der Waals surface area (Å²) in [5.41, 5.74) is 0. The number of carbonyl (C=O) groups excluding carboxylic acids is 1. The van der Waals surface area contributed by atoms with Crippen LogP contribution in [0.15, 0.2) is 0 Å². The van der Waals surface area contributed by atoms with E-state index in [1.54, 1.807) is 0 Å². The van der Waals surface area contributed by atoms with Gasteiger partial charge >= 0.3 is 5.97 Å². The van der Waals surface area contributed by atoms with Crippen molar-refractivity contribution >= 4 is 5.97 Å². The standard InChI is InChI=1S/C12H24N2O2/c1-4-11(12(15)16-3)13-9-10-7-5-6-8-14(10)2/h10-11,13H,4-9H2,1-3H3. The molecule has 2 atom stereocenters. The molecule has 0 amide bonds. The number of piperidine rings is 1. The van der Waals surface area contributed by atoms with E-state index >= 15 is 0 Å². The molecule has 0 radical (unpaired) electrons. The summed E-state index contributed by atoms with van der Waals surface area (Å²) < 4.78 is 4.75. The smallest absolute Gasteiger partial charge is 0.322 e. The average molecular weight is 228 g/mol. The van der Waals surface area contributed by atoms with Crippen molar-refractivity contribution in [3.05, 3.63) is 0 Å². The first-order chi connectivity index (χ1) is 7.69. The molecular weight excluding hydrogens is 204 g/mol. The number of likely N-dealkylation sites (N-methyl/N-ethyl adjacent to an activating group) is 1. The first-order valence-electron chi connectivity index (χ1n) is 6.20. The van der Waals surface area contributed by atoms with Gasteiger partial charge in [0.1, 0.15) is 6.04 Å². The second-order valence-electron chi connectivity index (χ2n) is 4.52. The molecule has 94 valence electrons. The molecule has 0 spiro atoms. The minimum Gasteiger partial charge on any atom is -0.468 e. The number of hydrogen-bond donors (Lipinski definition) is 1. The van der Waals surface area contributed by atoms with Crippen LogP contribution in [0.25, 0.3) is 0 Å². The predicted octanol–water partition coefficient (Wildman–Crippen LogP) is 1.01. The molecule has 0 aromatic rings. The number of ether oxygens (including phenoxy) is 1. The monoisotopic (exact) mass is 228 g/mol. The van der Waals surface area contributed by atoms with Gasteiger partial charge in [-0.25, -0.2) is 0 Å². The minimum atomic E-state index is -0.152. The van der Waals surface area contributed by atoms with Crippen LogP contribution in [0.4, 0.5) is 0 Å². The lowest BCUT2D eigenvalue weighted by molar-refractivity contribution is -0.143. The molecule has 1 N–H and O–H groups in total. The Morgan fingerprint density at radius 3 is 2.88 bits per heavy atom. The predicted molar refractivity (Wildman–Crippen MR) is 64.4 cm³/mol. The van der Waals surface area contributed by atoms with Gasteiger partial charge in [-0.3, -0.25) is 4.79 Å². The van der Waals surface area contributed by atoms with E-state index in [0.717, 1.165) is 13.0 Å². The lowest BCUT2D eigenvalue weighted by Gasteiger charge is -2.33.